The van der Waals surface area contributed by atoms with Gasteiger partial charge < -0.3 is 4.74 Å². The maximum Gasteiger partial charge on any atom is 0.156 e. The largest absolute Gasteiger partial charge is 0.364 e. The van der Waals surface area contributed by atoms with Crippen LogP contribution >= 0.6 is 0 Å². The molecule has 2 aliphatic rings. The van der Waals surface area contributed by atoms with Crippen LogP contribution in [0.3, 0.4) is 0 Å². The minimum atomic E-state index is -0.218. The average Bonchev–Trinajstić information content (AvgIpc) is 2.40. The summed E-state index contributed by atoms with van der Waals surface area (Å²) in [5.74, 6) is 0.237. The van der Waals surface area contributed by atoms with Crippen molar-refractivity contribution in [3.8, 4) is 0 Å². The van der Waals surface area contributed by atoms with Crippen LogP contribution in [0.1, 0.15) is 53.9 Å². The lowest BCUT2D eigenvalue weighted by atomic mass is 9.63. The van der Waals surface area contributed by atoms with Crippen molar-refractivity contribution >= 4 is 5.78 Å². The first-order valence-corrected chi connectivity index (χ1v) is 6.10. The van der Waals surface area contributed by atoms with Crippen LogP contribution in [0.4, 0.5) is 0 Å². The monoisotopic (exact) mass is 222 g/mol. The topological polar surface area (TPSA) is 26.3 Å². The van der Waals surface area contributed by atoms with Crippen LogP contribution in [-0.4, -0.2) is 17.0 Å². The van der Waals surface area contributed by atoms with Gasteiger partial charge in [0, 0.05) is 11.8 Å². The lowest BCUT2D eigenvalue weighted by Crippen LogP contribution is -2.50. The fourth-order valence-corrected chi connectivity index (χ4v) is 3.33. The summed E-state index contributed by atoms with van der Waals surface area (Å²) in [6.45, 7) is 10.6. The van der Waals surface area contributed by atoms with E-state index in [-0.39, 0.29) is 22.4 Å². The molecule has 0 aromatic heterocycles. The smallest absolute Gasteiger partial charge is 0.156 e. The summed E-state index contributed by atoms with van der Waals surface area (Å²) in [6, 6.07) is 0. The second-order valence-corrected chi connectivity index (χ2v) is 6.54. The van der Waals surface area contributed by atoms with Gasteiger partial charge in [0.25, 0.3) is 0 Å². The highest BCUT2D eigenvalue weighted by Gasteiger charge is 2.56. The van der Waals surface area contributed by atoms with E-state index in [0.717, 1.165) is 18.4 Å². The third-order valence-electron chi connectivity index (χ3n) is 4.25. The Hall–Kier alpha value is -0.630. The van der Waals surface area contributed by atoms with E-state index in [0.29, 0.717) is 6.42 Å². The highest BCUT2D eigenvalue weighted by molar-refractivity contribution is 5.92. The number of hydrogen-bond donors (Lipinski definition) is 0. The van der Waals surface area contributed by atoms with Crippen molar-refractivity contribution in [1.29, 1.82) is 0 Å². The Labute approximate surface area is 98.1 Å². The Kier molecular flexibility index (Phi) is 2.36. The van der Waals surface area contributed by atoms with E-state index in [9.17, 15) is 4.79 Å². The first-order valence-electron chi connectivity index (χ1n) is 6.10. The zero-order valence-electron chi connectivity index (χ0n) is 11.0. The van der Waals surface area contributed by atoms with E-state index >= 15 is 0 Å². The Bertz CT molecular complexity index is 363. The van der Waals surface area contributed by atoms with Crippen LogP contribution in [0.5, 0.6) is 0 Å². The number of ether oxygens (including phenoxy) is 1. The Morgan fingerprint density at radius 3 is 2.25 bits per heavy atom. The van der Waals surface area contributed by atoms with Gasteiger partial charge in [-0.15, -0.1) is 0 Å². The molecule has 0 aromatic rings. The summed E-state index contributed by atoms with van der Waals surface area (Å²) in [6.07, 6.45) is 4.48. The molecule has 2 rings (SSSR count). The first-order chi connectivity index (χ1) is 7.19. The minimum absolute atomic E-state index is 0.0627. The van der Waals surface area contributed by atoms with Crippen molar-refractivity contribution in [2.24, 2.45) is 5.41 Å². The Morgan fingerprint density at radius 2 is 1.81 bits per heavy atom. The zero-order chi connectivity index (χ0) is 12.2. The van der Waals surface area contributed by atoms with Crippen LogP contribution < -0.4 is 0 Å². The molecule has 1 heterocycles. The number of hydrogen-bond acceptors (Lipinski definition) is 2. The van der Waals surface area contributed by atoms with Gasteiger partial charge >= 0.3 is 0 Å². The molecule has 1 fully saturated rings. The lowest BCUT2D eigenvalue weighted by Gasteiger charge is -2.47. The molecule has 16 heavy (non-hydrogen) atoms. The predicted molar refractivity (Wildman–Crippen MR) is 64.3 cm³/mol. The molecule has 1 aliphatic carbocycles. The van der Waals surface area contributed by atoms with Crippen molar-refractivity contribution < 1.29 is 9.53 Å². The quantitative estimate of drug-likeness (QED) is 0.629. The van der Waals surface area contributed by atoms with Gasteiger partial charge in [-0.2, -0.15) is 0 Å². The molecular weight excluding hydrogens is 200 g/mol. The summed E-state index contributed by atoms with van der Waals surface area (Å²) in [4.78, 5) is 11.7. The summed E-state index contributed by atoms with van der Waals surface area (Å²) >= 11 is 0. The van der Waals surface area contributed by atoms with Gasteiger partial charge in [-0.1, -0.05) is 13.8 Å². The van der Waals surface area contributed by atoms with Gasteiger partial charge in [0.2, 0.25) is 0 Å². The molecule has 1 aliphatic heterocycles. The van der Waals surface area contributed by atoms with Crippen molar-refractivity contribution in [2.75, 3.05) is 0 Å². The SMILES string of the molecule is CC1=CC(=O)CC(C)(C)C12CCC(C)(C)O2. The molecule has 90 valence electrons. The third-order valence-corrected chi connectivity index (χ3v) is 4.25. The molecule has 1 atom stereocenters. The molecule has 2 heteroatoms. The van der Waals surface area contributed by atoms with Gasteiger partial charge in [0.05, 0.1) is 11.2 Å². The van der Waals surface area contributed by atoms with E-state index in [4.69, 9.17) is 4.74 Å². The Balaban J connectivity index is 2.46. The average molecular weight is 222 g/mol. The highest BCUT2D eigenvalue weighted by atomic mass is 16.5. The number of carbonyl (C=O) groups excluding carboxylic acids is 1. The lowest BCUT2D eigenvalue weighted by molar-refractivity contribution is -0.142. The number of rotatable bonds is 0. The molecule has 0 aromatic carbocycles. The Morgan fingerprint density at radius 1 is 1.19 bits per heavy atom. The van der Waals surface area contributed by atoms with Crippen LogP contribution in [0.2, 0.25) is 0 Å². The van der Waals surface area contributed by atoms with Crippen molar-refractivity contribution in [3.63, 3.8) is 0 Å². The van der Waals surface area contributed by atoms with Crippen molar-refractivity contribution in [3.05, 3.63) is 11.6 Å². The van der Waals surface area contributed by atoms with E-state index in [1.807, 2.05) is 6.92 Å². The van der Waals surface area contributed by atoms with E-state index < -0.39 is 0 Å². The molecule has 1 saturated heterocycles. The summed E-state index contributed by atoms with van der Waals surface area (Å²) in [7, 11) is 0. The van der Waals surface area contributed by atoms with Crippen LogP contribution in [-0.2, 0) is 9.53 Å². The maximum absolute atomic E-state index is 11.7. The number of ketones is 1. The second kappa shape index (κ2) is 3.19. The van der Waals surface area contributed by atoms with E-state index in [1.54, 1.807) is 6.08 Å². The normalized spacial score (nSPS) is 36.6. The molecule has 1 unspecified atom stereocenters. The summed E-state index contributed by atoms with van der Waals surface area (Å²) in [5.41, 5.74) is 0.743. The fraction of sp³-hybridized carbons (Fsp3) is 0.786. The number of carbonyl (C=O) groups is 1. The van der Waals surface area contributed by atoms with Crippen LogP contribution in [0, 0.1) is 5.41 Å². The highest BCUT2D eigenvalue weighted by Crippen LogP contribution is 2.55. The van der Waals surface area contributed by atoms with E-state index in [1.165, 1.54) is 0 Å². The molecule has 1 spiro atoms. The maximum atomic E-state index is 11.7. The van der Waals surface area contributed by atoms with Gasteiger partial charge in [0.1, 0.15) is 0 Å². The van der Waals surface area contributed by atoms with Crippen LogP contribution in [0.15, 0.2) is 11.6 Å². The van der Waals surface area contributed by atoms with Crippen molar-refractivity contribution in [2.45, 2.75) is 65.1 Å². The fourth-order valence-electron chi connectivity index (χ4n) is 3.33. The standard InChI is InChI=1S/C14H22O2/c1-10-8-11(15)9-12(2,3)14(10)7-6-13(4,5)16-14/h8H,6-7,9H2,1-5H3. The molecule has 2 nitrogen and oxygen atoms in total. The molecule has 0 bridgehead atoms. The van der Waals surface area contributed by atoms with Gasteiger partial charge in [-0.3, -0.25) is 4.79 Å². The molecular formula is C14H22O2. The minimum Gasteiger partial charge on any atom is -0.364 e. The van der Waals surface area contributed by atoms with Gasteiger partial charge in [-0.05, 0) is 45.3 Å². The summed E-state index contributed by atoms with van der Waals surface area (Å²) in [5, 5.41) is 0. The second-order valence-electron chi connectivity index (χ2n) is 6.54. The zero-order valence-corrected chi connectivity index (χ0v) is 11.0. The summed E-state index contributed by atoms with van der Waals surface area (Å²) < 4.78 is 6.33. The van der Waals surface area contributed by atoms with Crippen molar-refractivity contribution in [1.82, 2.24) is 0 Å². The molecule has 0 radical (unpaired) electrons. The van der Waals surface area contributed by atoms with Gasteiger partial charge in [0.15, 0.2) is 5.78 Å². The molecule has 0 saturated carbocycles. The molecule has 0 N–H and O–H groups in total. The van der Waals surface area contributed by atoms with E-state index in [2.05, 4.69) is 27.7 Å². The number of allylic oxidation sites excluding steroid dienone is 1. The third kappa shape index (κ3) is 1.55. The first kappa shape index (κ1) is 11.8. The van der Waals surface area contributed by atoms with Gasteiger partial charge in [-0.25, -0.2) is 0 Å². The molecule has 0 amide bonds. The predicted octanol–water partition coefficient (Wildman–Crippen LogP) is 3.26. The van der Waals surface area contributed by atoms with Crippen LogP contribution in [0.25, 0.3) is 0 Å².